The van der Waals surface area contributed by atoms with Gasteiger partial charge in [-0.25, -0.2) is 0 Å². The van der Waals surface area contributed by atoms with Gasteiger partial charge in [-0.05, 0) is 48.8 Å². The van der Waals surface area contributed by atoms with Crippen molar-refractivity contribution in [3.63, 3.8) is 0 Å². The first kappa shape index (κ1) is 20.3. The maximum absolute atomic E-state index is 11.0. The van der Waals surface area contributed by atoms with E-state index in [1.807, 2.05) is 31.2 Å². The summed E-state index contributed by atoms with van der Waals surface area (Å²) in [6, 6.07) is 12.0. The monoisotopic (exact) mass is 413 g/mol. The molecule has 150 valence electrons. The van der Waals surface area contributed by atoms with Crippen LogP contribution in [-0.2, 0) is 9.53 Å². The first-order valence-corrected chi connectivity index (χ1v) is 9.69. The average Bonchev–Trinajstić information content (AvgIpc) is 3.12. The molecule has 0 aliphatic rings. The number of benzene rings is 2. The van der Waals surface area contributed by atoms with Crippen LogP contribution in [0.15, 0.2) is 52.7 Å². The van der Waals surface area contributed by atoms with Gasteiger partial charge in [0.15, 0.2) is 5.00 Å². The summed E-state index contributed by atoms with van der Waals surface area (Å²) in [5.74, 6) is -0.294. The van der Waals surface area contributed by atoms with Crippen LogP contribution in [0.1, 0.15) is 13.8 Å². The predicted molar refractivity (Wildman–Crippen MR) is 111 cm³/mol. The number of nitro benzene ring substituents is 1. The number of carbonyl (C=O) groups excluding carboxylic acids is 1. The Balaban J connectivity index is 1.73. The molecule has 0 bridgehead atoms. The van der Waals surface area contributed by atoms with E-state index in [0.717, 1.165) is 23.8 Å². The van der Waals surface area contributed by atoms with Crippen LogP contribution in [0.5, 0.6) is 0 Å². The standard InChI is InChI=1S/C19H19N5O4S/c1-3-23(10-11-28-13(2)25)15-6-4-14(5-7-15)20-21-19-17-12-16(24(26)27)8-9-18(17)22-29-19/h4-9,12H,3,10-11H2,1-2H3/b21-20+. The third-order valence-corrected chi connectivity index (χ3v) is 4.93. The summed E-state index contributed by atoms with van der Waals surface area (Å²) >= 11 is 1.14. The van der Waals surface area contributed by atoms with Crippen molar-refractivity contribution in [3.8, 4) is 0 Å². The number of carbonyl (C=O) groups is 1. The first-order valence-electron chi connectivity index (χ1n) is 8.92. The second-order valence-electron chi connectivity index (χ2n) is 6.08. The summed E-state index contributed by atoms with van der Waals surface area (Å²) in [6.07, 6.45) is 0. The molecule has 1 aromatic heterocycles. The van der Waals surface area contributed by atoms with E-state index in [1.54, 1.807) is 6.07 Å². The van der Waals surface area contributed by atoms with E-state index in [1.165, 1.54) is 19.1 Å². The van der Waals surface area contributed by atoms with Crippen molar-refractivity contribution in [2.75, 3.05) is 24.6 Å². The molecular formula is C19H19N5O4S. The molecule has 0 aliphatic carbocycles. The highest BCUT2D eigenvalue weighted by Crippen LogP contribution is 2.34. The van der Waals surface area contributed by atoms with Gasteiger partial charge in [0.2, 0.25) is 0 Å². The van der Waals surface area contributed by atoms with Gasteiger partial charge in [-0.1, -0.05) is 0 Å². The van der Waals surface area contributed by atoms with Gasteiger partial charge in [0.05, 0.1) is 22.7 Å². The lowest BCUT2D eigenvalue weighted by molar-refractivity contribution is -0.384. The first-order chi connectivity index (χ1) is 14.0. The van der Waals surface area contributed by atoms with Gasteiger partial charge in [-0.3, -0.25) is 14.9 Å². The van der Waals surface area contributed by atoms with Crippen LogP contribution in [0, 0.1) is 10.1 Å². The molecule has 0 N–H and O–H groups in total. The second kappa shape index (κ2) is 9.20. The fourth-order valence-corrected chi connectivity index (χ4v) is 3.39. The van der Waals surface area contributed by atoms with Crippen molar-refractivity contribution in [2.45, 2.75) is 13.8 Å². The Morgan fingerprint density at radius 1 is 1.24 bits per heavy atom. The number of aromatic nitrogens is 1. The molecule has 29 heavy (non-hydrogen) atoms. The van der Waals surface area contributed by atoms with Crippen LogP contribution in [0.25, 0.3) is 10.9 Å². The number of hydrogen-bond acceptors (Lipinski definition) is 9. The van der Waals surface area contributed by atoms with Crippen LogP contribution in [-0.4, -0.2) is 35.0 Å². The highest BCUT2D eigenvalue weighted by molar-refractivity contribution is 7.11. The SMILES string of the molecule is CCN(CCOC(C)=O)c1ccc(/N=N/c2snc3ccc([N+](=O)[O-])cc23)cc1. The molecule has 0 unspecified atom stereocenters. The van der Waals surface area contributed by atoms with E-state index in [0.29, 0.717) is 34.7 Å². The van der Waals surface area contributed by atoms with E-state index >= 15 is 0 Å². The number of ether oxygens (including phenoxy) is 1. The number of hydrogen-bond donors (Lipinski definition) is 0. The van der Waals surface area contributed by atoms with E-state index in [2.05, 4.69) is 19.5 Å². The lowest BCUT2D eigenvalue weighted by Crippen LogP contribution is -2.27. The Morgan fingerprint density at radius 3 is 2.66 bits per heavy atom. The number of non-ortho nitro benzene ring substituents is 1. The molecule has 3 aromatic rings. The summed E-state index contributed by atoms with van der Waals surface area (Å²) in [4.78, 5) is 23.5. The number of nitrogens with zero attached hydrogens (tertiary/aromatic N) is 5. The van der Waals surface area contributed by atoms with Crippen molar-refractivity contribution in [1.82, 2.24) is 4.37 Å². The maximum Gasteiger partial charge on any atom is 0.302 e. The summed E-state index contributed by atoms with van der Waals surface area (Å²) < 4.78 is 9.24. The second-order valence-corrected chi connectivity index (χ2v) is 6.83. The molecule has 9 nitrogen and oxygen atoms in total. The van der Waals surface area contributed by atoms with Gasteiger partial charge in [0, 0.05) is 36.7 Å². The van der Waals surface area contributed by atoms with Gasteiger partial charge in [0.1, 0.15) is 6.61 Å². The molecular weight excluding hydrogens is 394 g/mol. The molecule has 3 rings (SSSR count). The fourth-order valence-electron chi connectivity index (χ4n) is 2.70. The van der Waals surface area contributed by atoms with Crippen molar-refractivity contribution >= 4 is 50.5 Å². The van der Waals surface area contributed by atoms with Crippen LogP contribution < -0.4 is 4.90 Å². The van der Waals surface area contributed by atoms with Gasteiger partial charge in [-0.2, -0.15) is 4.37 Å². The minimum Gasteiger partial charge on any atom is -0.464 e. The van der Waals surface area contributed by atoms with E-state index in [-0.39, 0.29) is 11.7 Å². The van der Waals surface area contributed by atoms with Gasteiger partial charge < -0.3 is 9.64 Å². The molecule has 0 atom stereocenters. The largest absolute Gasteiger partial charge is 0.464 e. The Morgan fingerprint density at radius 2 is 2.00 bits per heavy atom. The lowest BCUT2D eigenvalue weighted by atomic mass is 10.2. The van der Waals surface area contributed by atoms with Crippen molar-refractivity contribution in [3.05, 3.63) is 52.6 Å². The Labute approximate surface area is 170 Å². The highest BCUT2D eigenvalue weighted by atomic mass is 32.1. The third kappa shape index (κ3) is 5.11. The minimum absolute atomic E-state index is 0.00749. The summed E-state index contributed by atoms with van der Waals surface area (Å²) in [5.41, 5.74) is 2.28. The van der Waals surface area contributed by atoms with Gasteiger partial charge >= 0.3 is 5.97 Å². The molecule has 10 heteroatoms. The summed E-state index contributed by atoms with van der Waals surface area (Å²) in [5, 5.41) is 20.5. The number of esters is 1. The zero-order valence-electron chi connectivity index (χ0n) is 15.9. The minimum atomic E-state index is -0.447. The lowest BCUT2D eigenvalue weighted by Gasteiger charge is -2.22. The number of azo groups is 1. The van der Waals surface area contributed by atoms with E-state index < -0.39 is 4.92 Å². The Hall–Kier alpha value is -3.40. The van der Waals surface area contributed by atoms with Gasteiger partial charge in [-0.15, -0.1) is 10.2 Å². The quantitative estimate of drug-likeness (QED) is 0.222. The molecule has 0 radical (unpaired) electrons. The predicted octanol–water partition coefficient (Wildman–Crippen LogP) is 5.01. The molecule has 1 heterocycles. The van der Waals surface area contributed by atoms with Crippen molar-refractivity contribution < 1.29 is 14.5 Å². The number of rotatable bonds is 8. The molecule has 0 spiro atoms. The zero-order valence-corrected chi connectivity index (χ0v) is 16.8. The number of anilines is 1. The molecule has 0 saturated carbocycles. The third-order valence-electron chi connectivity index (χ3n) is 4.17. The molecule has 0 fully saturated rings. The van der Waals surface area contributed by atoms with Crippen LogP contribution >= 0.6 is 11.5 Å². The fraction of sp³-hybridized carbons (Fsp3) is 0.263. The van der Waals surface area contributed by atoms with Crippen LogP contribution in [0.2, 0.25) is 0 Å². The number of likely N-dealkylation sites (N-methyl/N-ethyl adjacent to an activating group) is 1. The Bertz CT molecular complexity index is 1050. The van der Waals surface area contributed by atoms with E-state index in [4.69, 9.17) is 4.74 Å². The van der Waals surface area contributed by atoms with Crippen molar-refractivity contribution in [1.29, 1.82) is 0 Å². The Kier molecular flexibility index (Phi) is 6.45. The smallest absolute Gasteiger partial charge is 0.302 e. The van der Waals surface area contributed by atoms with E-state index in [9.17, 15) is 14.9 Å². The highest BCUT2D eigenvalue weighted by Gasteiger charge is 2.12. The summed E-state index contributed by atoms with van der Waals surface area (Å²) in [7, 11) is 0. The number of nitro groups is 1. The molecule has 2 aromatic carbocycles. The van der Waals surface area contributed by atoms with Crippen molar-refractivity contribution in [2.24, 2.45) is 10.2 Å². The van der Waals surface area contributed by atoms with Crippen LogP contribution in [0.4, 0.5) is 22.1 Å². The summed E-state index contributed by atoms with van der Waals surface area (Å²) in [6.45, 7) is 5.11. The average molecular weight is 413 g/mol. The topological polar surface area (TPSA) is 110 Å². The number of fused-ring (bicyclic) bond motifs is 1. The normalized spacial score (nSPS) is 11.1. The molecule has 0 aliphatic heterocycles. The maximum atomic E-state index is 11.0. The molecule has 0 amide bonds. The zero-order chi connectivity index (χ0) is 20.8. The van der Waals surface area contributed by atoms with Crippen LogP contribution in [0.3, 0.4) is 0 Å². The molecule has 0 saturated heterocycles. The van der Waals surface area contributed by atoms with Gasteiger partial charge in [0.25, 0.3) is 5.69 Å².